The van der Waals surface area contributed by atoms with E-state index in [1.807, 2.05) is 13.8 Å². The maximum atomic E-state index is 13.7. The second kappa shape index (κ2) is 3.28. The minimum Gasteiger partial charge on any atom is -0.211 e. The minimum absolute atomic E-state index is 0.269. The molecule has 0 aromatic heterocycles. The van der Waals surface area contributed by atoms with Crippen molar-refractivity contribution in [2.24, 2.45) is 4.99 Å². The fraction of sp³-hybridized carbons (Fsp3) is 0.417. The van der Waals surface area contributed by atoms with Crippen LogP contribution in [0.3, 0.4) is 0 Å². The summed E-state index contributed by atoms with van der Waals surface area (Å²) in [7, 11) is 0. The molecule has 78 valence electrons. The Hall–Kier alpha value is -1.47. The van der Waals surface area contributed by atoms with Gasteiger partial charge in [0.05, 0.1) is 0 Å². The van der Waals surface area contributed by atoms with Crippen LogP contribution in [0.4, 0.5) is 4.39 Å². The normalized spacial score (nSPS) is 17.0. The molecule has 2 nitrogen and oxygen atoms in total. The summed E-state index contributed by atoms with van der Waals surface area (Å²) in [6.07, 6.45) is 3.01. The fourth-order valence-corrected chi connectivity index (χ4v) is 1.78. The number of aliphatic imine (C=N–C) groups is 1. The van der Waals surface area contributed by atoms with Crippen LogP contribution in [0, 0.1) is 19.7 Å². The minimum atomic E-state index is -0.607. The number of carbonyl (C=O) groups excluding carboxylic acids is 1. The zero-order chi connectivity index (χ0) is 11.1. The molecule has 1 aliphatic rings. The highest BCUT2D eigenvalue weighted by molar-refractivity contribution is 5.44. The molecule has 1 aromatic carbocycles. The topological polar surface area (TPSA) is 29.4 Å². The molecule has 1 aromatic rings. The molecule has 0 amide bonds. The quantitative estimate of drug-likeness (QED) is 0.539. The summed E-state index contributed by atoms with van der Waals surface area (Å²) in [6.45, 7) is 3.80. The van der Waals surface area contributed by atoms with Crippen LogP contribution in [-0.2, 0) is 10.3 Å². The molecular formula is C12H12FNO. The van der Waals surface area contributed by atoms with Gasteiger partial charge in [0.1, 0.15) is 11.4 Å². The van der Waals surface area contributed by atoms with E-state index in [1.165, 1.54) is 12.1 Å². The van der Waals surface area contributed by atoms with E-state index in [9.17, 15) is 9.18 Å². The molecule has 2 rings (SSSR count). The maximum Gasteiger partial charge on any atom is 0.235 e. The van der Waals surface area contributed by atoms with Crippen LogP contribution < -0.4 is 0 Å². The number of hydrogen-bond donors (Lipinski definition) is 0. The van der Waals surface area contributed by atoms with Gasteiger partial charge in [0.25, 0.3) is 0 Å². The second-order valence-electron chi connectivity index (χ2n) is 4.15. The zero-order valence-corrected chi connectivity index (χ0v) is 8.80. The van der Waals surface area contributed by atoms with Crippen molar-refractivity contribution in [3.05, 3.63) is 34.6 Å². The molecular weight excluding hydrogens is 193 g/mol. The number of rotatable bonds is 2. The first-order chi connectivity index (χ1) is 7.09. The van der Waals surface area contributed by atoms with E-state index in [4.69, 9.17) is 0 Å². The van der Waals surface area contributed by atoms with Crippen LogP contribution in [0.5, 0.6) is 0 Å². The highest BCUT2D eigenvalue weighted by Gasteiger charge is 2.46. The Morgan fingerprint density at radius 1 is 1.33 bits per heavy atom. The largest absolute Gasteiger partial charge is 0.235 e. The summed E-state index contributed by atoms with van der Waals surface area (Å²) >= 11 is 0. The number of halogens is 1. The van der Waals surface area contributed by atoms with Crippen molar-refractivity contribution in [3.63, 3.8) is 0 Å². The van der Waals surface area contributed by atoms with Gasteiger partial charge in [-0.25, -0.2) is 9.18 Å². The van der Waals surface area contributed by atoms with E-state index in [0.29, 0.717) is 5.56 Å². The molecule has 1 fully saturated rings. The van der Waals surface area contributed by atoms with Crippen molar-refractivity contribution in [3.8, 4) is 0 Å². The average molecular weight is 205 g/mol. The summed E-state index contributed by atoms with van der Waals surface area (Å²) in [5.74, 6) is -0.269. The van der Waals surface area contributed by atoms with E-state index in [2.05, 4.69) is 4.99 Å². The van der Waals surface area contributed by atoms with Gasteiger partial charge in [-0.15, -0.1) is 0 Å². The van der Waals surface area contributed by atoms with Crippen LogP contribution in [0.1, 0.15) is 29.5 Å². The van der Waals surface area contributed by atoms with Gasteiger partial charge in [-0.2, -0.15) is 4.99 Å². The summed E-state index contributed by atoms with van der Waals surface area (Å²) in [5, 5.41) is 0. The van der Waals surface area contributed by atoms with Crippen LogP contribution in [0.2, 0.25) is 0 Å². The van der Waals surface area contributed by atoms with Gasteiger partial charge in [0, 0.05) is 5.56 Å². The molecule has 1 aliphatic carbocycles. The molecule has 1 saturated carbocycles. The Balaban J connectivity index is 2.54. The molecule has 3 heteroatoms. The van der Waals surface area contributed by atoms with E-state index >= 15 is 0 Å². The first kappa shape index (κ1) is 10.1. The lowest BCUT2D eigenvalue weighted by molar-refractivity contribution is 0.547. The number of aryl methyl sites for hydroxylation is 2. The summed E-state index contributed by atoms with van der Waals surface area (Å²) in [6, 6.07) is 3.30. The predicted octanol–water partition coefficient (Wildman–Crippen LogP) is 2.77. The molecule has 0 heterocycles. The van der Waals surface area contributed by atoms with E-state index < -0.39 is 5.54 Å². The van der Waals surface area contributed by atoms with Gasteiger partial charge in [-0.3, -0.25) is 0 Å². The standard InChI is InChI=1S/C12H12FNO/c1-8-5-10(11(13)6-9(8)2)12(3-4-12)14-7-15/h5-6H,3-4H2,1-2H3. The van der Waals surface area contributed by atoms with Crippen LogP contribution in [0.25, 0.3) is 0 Å². The molecule has 15 heavy (non-hydrogen) atoms. The van der Waals surface area contributed by atoms with Gasteiger partial charge in [0.2, 0.25) is 6.08 Å². The molecule has 0 bridgehead atoms. The van der Waals surface area contributed by atoms with Gasteiger partial charge in [-0.1, -0.05) is 6.07 Å². The lowest BCUT2D eigenvalue weighted by Crippen LogP contribution is -2.06. The van der Waals surface area contributed by atoms with E-state index in [1.54, 1.807) is 6.07 Å². The first-order valence-electron chi connectivity index (χ1n) is 4.95. The molecule has 0 radical (unpaired) electrons. The molecule has 0 unspecified atom stereocenters. The Labute approximate surface area is 87.8 Å². The highest BCUT2D eigenvalue weighted by atomic mass is 19.1. The molecule has 0 spiro atoms. The monoisotopic (exact) mass is 205 g/mol. The maximum absolute atomic E-state index is 13.7. The van der Waals surface area contributed by atoms with Crippen molar-refractivity contribution in [2.75, 3.05) is 0 Å². The third kappa shape index (κ3) is 1.59. The second-order valence-corrected chi connectivity index (χ2v) is 4.15. The molecule has 0 saturated heterocycles. The number of benzene rings is 1. The zero-order valence-electron chi connectivity index (χ0n) is 8.80. The van der Waals surface area contributed by atoms with Crippen LogP contribution in [-0.4, -0.2) is 6.08 Å². The predicted molar refractivity (Wildman–Crippen MR) is 54.9 cm³/mol. The third-order valence-electron chi connectivity index (χ3n) is 3.07. The van der Waals surface area contributed by atoms with Gasteiger partial charge in [0.15, 0.2) is 0 Å². The van der Waals surface area contributed by atoms with Crippen molar-refractivity contribution >= 4 is 6.08 Å². The molecule has 0 aliphatic heterocycles. The van der Waals surface area contributed by atoms with E-state index in [0.717, 1.165) is 24.0 Å². The lowest BCUT2D eigenvalue weighted by atomic mass is 9.99. The number of hydrogen-bond acceptors (Lipinski definition) is 2. The van der Waals surface area contributed by atoms with Gasteiger partial charge < -0.3 is 0 Å². The SMILES string of the molecule is Cc1cc(F)c(C2(N=C=O)CC2)cc1C. The fourth-order valence-electron chi connectivity index (χ4n) is 1.78. The van der Waals surface area contributed by atoms with Crippen LogP contribution >= 0.6 is 0 Å². The third-order valence-corrected chi connectivity index (χ3v) is 3.07. The number of isocyanates is 1. The Morgan fingerprint density at radius 2 is 1.93 bits per heavy atom. The van der Waals surface area contributed by atoms with E-state index in [-0.39, 0.29) is 5.82 Å². The summed E-state index contributed by atoms with van der Waals surface area (Å²) in [4.78, 5) is 14.0. The smallest absolute Gasteiger partial charge is 0.211 e. The summed E-state index contributed by atoms with van der Waals surface area (Å²) < 4.78 is 13.7. The molecule has 0 atom stereocenters. The lowest BCUT2D eigenvalue weighted by Gasteiger charge is -2.12. The highest BCUT2D eigenvalue weighted by Crippen LogP contribution is 2.50. The van der Waals surface area contributed by atoms with Crippen molar-refractivity contribution in [1.29, 1.82) is 0 Å². The number of nitrogens with zero attached hydrogens (tertiary/aromatic N) is 1. The van der Waals surface area contributed by atoms with Crippen molar-refractivity contribution in [1.82, 2.24) is 0 Å². The Morgan fingerprint density at radius 3 is 2.47 bits per heavy atom. The van der Waals surface area contributed by atoms with Gasteiger partial charge in [-0.05, 0) is 43.9 Å². The molecule has 0 N–H and O–H groups in total. The van der Waals surface area contributed by atoms with Gasteiger partial charge >= 0.3 is 0 Å². The Kier molecular flexibility index (Phi) is 2.20. The van der Waals surface area contributed by atoms with Crippen molar-refractivity contribution < 1.29 is 9.18 Å². The van der Waals surface area contributed by atoms with Crippen molar-refractivity contribution in [2.45, 2.75) is 32.2 Å². The first-order valence-corrected chi connectivity index (χ1v) is 4.95. The van der Waals surface area contributed by atoms with Crippen LogP contribution in [0.15, 0.2) is 17.1 Å². The average Bonchev–Trinajstić information content (AvgIpc) is 2.93. The Bertz CT molecular complexity index is 457. The summed E-state index contributed by atoms with van der Waals surface area (Å²) in [5.41, 5.74) is 1.87.